The topological polar surface area (TPSA) is 53.1 Å². The van der Waals surface area contributed by atoms with Gasteiger partial charge in [0.2, 0.25) is 0 Å². The lowest BCUT2D eigenvalue weighted by Crippen LogP contribution is -2.33. The van der Waals surface area contributed by atoms with E-state index in [1.165, 1.54) is 0 Å². The van der Waals surface area contributed by atoms with E-state index in [1.807, 2.05) is 10.9 Å². The number of nitrogens with two attached hydrogens (primary N) is 1. The Hall–Kier alpha value is -1.03. The quantitative estimate of drug-likeness (QED) is 0.753. The first-order valence-electron chi connectivity index (χ1n) is 4.58. The molecule has 72 valence electrons. The minimum atomic E-state index is 0.470. The molecule has 1 heterocycles. The largest absolute Gasteiger partial charge is 0.396 e. The lowest BCUT2D eigenvalue weighted by atomic mass is 9.82. The third-order valence-corrected chi connectivity index (χ3v) is 2.62. The molecular weight excluding hydrogens is 166 g/mol. The van der Waals surface area contributed by atoms with Crippen LogP contribution in [0, 0.1) is 5.92 Å². The van der Waals surface area contributed by atoms with E-state index in [4.69, 9.17) is 10.5 Å². The maximum Gasteiger partial charge on any atom is 0.0719 e. The first kappa shape index (κ1) is 8.56. The van der Waals surface area contributed by atoms with Gasteiger partial charge in [-0.25, -0.2) is 0 Å². The van der Waals surface area contributed by atoms with Crippen molar-refractivity contribution in [3.05, 3.63) is 12.4 Å². The van der Waals surface area contributed by atoms with Crippen molar-refractivity contribution < 1.29 is 4.74 Å². The van der Waals surface area contributed by atoms with Crippen molar-refractivity contribution in [3.8, 4) is 0 Å². The summed E-state index contributed by atoms with van der Waals surface area (Å²) >= 11 is 0. The molecule has 13 heavy (non-hydrogen) atoms. The Labute approximate surface area is 77.7 Å². The number of nitrogens with zero attached hydrogens (tertiary/aromatic N) is 2. The molecule has 1 aromatic heterocycles. The van der Waals surface area contributed by atoms with Crippen molar-refractivity contribution in [2.24, 2.45) is 5.92 Å². The van der Waals surface area contributed by atoms with Gasteiger partial charge in [0.25, 0.3) is 0 Å². The van der Waals surface area contributed by atoms with Gasteiger partial charge in [0.1, 0.15) is 0 Å². The van der Waals surface area contributed by atoms with Crippen molar-refractivity contribution in [3.63, 3.8) is 0 Å². The standard InChI is InChI=1S/C9H15N3O/c1-13-9-2-7(3-9)5-12-6-8(10)4-11-12/h4,6-7,9H,2-3,5,10H2,1H3. The normalized spacial score (nSPS) is 27.2. The number of aromatic nitrogens is 2. The van der Waals surface area contributed by atoms with Gasteiger partial charge in [-0.15, -0.1) is 0 Å². The number of ether oxygens (including phenoxy) is 1. The molecule has 1 aromatic rings. The molecule has 1 fully saturated rings. The van der Waals surface area contributed by atoms with Crippen molar-refractivity contribution >= 4 is 5.69 Å². The van der Waals surface area contributed by atoms with Gasteiger partial charge in [-0.1, -0.05) is 0 Å². The first-order valence-corrected chi connectivity index (χ1v) is 4.58. The third kappa shape index (κ3) is 1.83. The molecule has 4 heteroatoms. The zero-order valence-electron chi connectivity index (χ0n) is 7.81. The lowest BCUT2D eigenvalue weighted by Gasteiger charge is -2.33. The highest BCUT2D eigenvalue weighted by Gasteiger charge is 2.29. The van der Waals surface area contributed by atoms with E-state index in [1.54, 1.807) is 13.3 Å². The summed E-state index contributed by atoms with van der Waals surface area (Å²) in [6, 6.07) is 0. The predicted octanol–water partition coefficient (Wildman–Crippen LogP) is 0.890. The Bertz CT molecular complexity index is 278. The summed E-state index contributed by atoms with van der Waals surface area (Å²) in [5.41, 5.74) is 6.30. The summed E-state index contributed by atoms with van der Waals surface area (Å²) in [5.74, 6) is 0.712. The van der Waals surface area contributed by atoms with Crippen LogP contribution in [0.25, 0.3) is 0 Å². The van der Waals surface area contributed by atoms with Gasteiger partial charge in [0.15, 0.2) is 0 Å². The molecule has 2 rings (SSSR count). The number of nitrogen functional groups attached to an aromatic ring is 1. The van der Waals surface area contributed by atoms with Crippen LogP contribution < -0.4 is 5.73 Å². The molecule has 4 nitrogen and oxygen atoms in total. The zero-order chi connectivity index (χ0) is 9.26. The Morgan fingerprint density at radius 2 is 2.46 bits per heavy atom. The molecule has 1 saturated carbocycles. The van der Waals surface area contributed by atoms with E-state index in [0.717, 1.165) is 25.1 Å². The van der Waals surface area contributed by atoms with Crippen LogP contribution in [-0.4, -0.2) is 23.0 Å². The minimum absolute atomic E-state index is 0.470. The second kappa shape index (κ2) is 3.38. The van der Waals surface area contributed by atoms with Crippen molar-refractivity contribution in [1.29, 1.82) is 0 Å². The molecule has 0 aliphatic heterocycles. The number of anilines is 1. The highest BCUT2D eigenvalue weighted by Crippen LogP contribution is 2.30. The maximum atomic E-state index is 5.56. The van der Waals surface area contributed by atoms with E-state index in [9.17, 15) is 0 Å². The van der Waals surface area contributed by atoms with Crippen molar-refractivity contribution in [2.45, 2.75) is 25.5 Å². The Morgan fingerprint density at radius 3 is 3.00 bits per heavy atom. The van der Waals surface area contributed by atoms with Gasteiger partial charge >= 0.3 is 0 Å². The van der Waals surface area contributed by atoms with Crippen LogP contribution >= 0.6 is 0 Å². The SMILES string of the molecule is COC1CC(Cn2cc(N)cn2)C1. The number of hydrogen-bond acceptors (Lipinski definition) is 3. The smallest absolute Gasteiger partial charge is 0.0719 e. The molecule has 0 aromatic carbocycles. The molecule has 0 spiro atoms. The summed E-state index contributed by atoms with van der Waals surface area (Å²) in [4.78, 5) is 0. The molecule has 2 N–H and O–H groups in total. The minimum Gasteiger partial charge on any atom is -0.396 e. The first-order chi connectivity index (χ1) is 6.28. The van der Waals surface area contributed by atoms with Crippen molar-refractivity contribution in [2.75, 3.05) is 12.8 Å². The molecule has 0 unspecified atom stereocenters. The summed E-state index contributed by atoms with van der Waals surface area (Å²) in [6.45, 7) is 0.969. The van der Waals surface area contributed by atoms with Crippen LogP contribution in [0.5, 0.6) is 0 Å². The molecule has 0 amide bonds. The lowest BCUT2D eigenvalue weighted by molar-refractivity contribution is -0.00545. The molecular formula is C9H15N3O. The predicted molar refractivity (Wildman–Crippen MR) is 50.2 cm³/mol. The van der Waals surface area contributed by atoms with Gasteiger partial charge in [-0.2, -0.15) is 5.10 Å². The zero-order valence-corrected chi connectivity index (χ0v) is 7.81. The molecule has 0 bridgehead atoms. The van der Waals surface area contributed by atoms with Crippen LogP contribution in [0.4, 0.5) is 5.69 Å². The van der Waals surface area contributed by atoms with Gasteiger partial charge in [0, 0.05) is 19.9 Å². The summed E-state index contributed by atoms with van der Waals surface area (Å²) in [5, 5.41) is 4.14. The van der Waals surface area contributed by atoms with Crippen molar-refractivity contribution in [1.82, 2.24) is 9.78 Å². The van der Waals surface area contributed by atoms with E-state index in [0.29, 0.717) is 12.0 Å². The highest BCUT2D eigenvalue weighted by atomic mass is 16.5. The van der Waals surface area contributed by atoms with Gasteiger partial charge in [-0.05, 0) is 18.8 Å². The second-order valence-corrected chi connectivity index (χ2v) is 3.69. The van der Waals surface area contributed by atoms with Gasteiger partial charge < -0.3 is 10.5 Å². The molecule has 1 aliphatic carbocycles. The van der Waals surface area contributed by atoms with Gasteiger partial charge in [-0.3, -0.25) is 4.68 Å². The molecule has 0 atom stereocenters. The van der Waals surface area contributed by atoms with E-state index in [2.05, 4.69) is 5.10 Å². The average molecular weight is 181 g/mol. The van der Waals surface area contributed by atoms with E-state index < -0.39 is 0 Å². The average Bonchev–Trinajstić information content (AvgIpc) is 2.43. The Kier molecular flexibility index (Phi) is 2.22. The number of hydrogen-bond donors (Lipinski definition) is 1. The molecule has 1 aliphatic rings. The van der Waals surface area contributed by atoms with Crippen LogP contribution in [0.15, 0.2) is 12.4 Å². The second-order valence-electron chi connectivity index (χ2n) is 3.69. The monoisotopic (exact) mass is 181 g/mol. The molecule has 0 saturated heterocycles. The number of rotatable bonds is 3. The third-order valence-electron chi connectivity index (χ3n) is 2.62. The fourth-order valence-electron chi connectivity index (χ4n) is 1.76. The summed E-state index contributed by atoms with van der Waals surface area (Å²) in [6.07, 6.45) is 6.33. The fourth-order valence-corrected chi connectivity index (χ4v) is 1.76. The fraction of sp³-hybridized carbons (Fsp3) is 0.667. The molecule has 0 radical (unpaired) electrons. The van der Waals surface area contributed by atoms with Crippen LogP contribution in [0.1, 0.15) is 12.8 Å². The van der Waals surface area contributed by atoms with Crippen LogP contribution in [0.3, 0.4) is 0 Å². The summed E-state index contributed by atoms with van der Waals surface area (Å²) in [7, 11) is 1.77. The highest BCUT2D eigenvalue weighted by molar-refractivity contribution is 5.30. The van der Waals surface area contributed by atoms with E-state index in [-0.39, 0.29) is 0 Å². The van der Waals surface area contributed by atoms with Crippen LogP contribution in [-0.2, 0) is 11.3 Å². The van der Waals surface area contributed by atoms with Gasteiger partial charge in [0.05, 0.1) is 18.0 Å². The van der Waals surface area contributed by atoms with Crippen LogP contribution in [0.2, 0.25) is 0 Å². The maximum absolute atomic E-state index is 5.56. The summed E-state index contributed by atoms with van der Waals surface area (Å²) < 4.78 is 7.11. The number of methoxy groups -OCH3 is 1. The Balaban J connectivity index is 1.81. The van der Waals surface area contributed by atoms with E-state index >= 15 is 0 Å². The Morgan fingerprint density at radius 1 is 1.69 bits per heavy atom.